The SMILES string of the molecule is O=C(Nc1ccc([N+](=O)[O-])c(F)c1)c1ccccc1. The van der Waals surface area contributed by atoms with Crippen molar-refractivity contribution >= 4 is 17.3 Å². The summed E-state index contributed by atoms with van der Waals surface area (Å²) in [6.45, 7) is 0. The van der Waals surface area contributed by atoms with Gasteiger partial charge in [0.05, 0.1) is 4.92 Å². The summed E-state index contributed by atoms with van der Waals surface area (Å²) in [5.74, 6) is -1.40. The van der Waals surface area contributed by atoms with Crippen molar-refractivity contribution in [3.63, 3.8) is 0 Å². The highest BCUT2D eigenvalue weighted by molar-refractivity contribution is 6.04. The zero-order valence-electron chi connectivity index (χ0n) is 9.67. The molecule has 0 saturated heterocycles. The van der Waals surface area contributed by atoms with Gasteiger partial charge >= 0.3 is 5.69 Å². The average molecular weight is 260 g/mol. The number of nitrogens with zero attached hydrogens (tertiary/aromatic N) is 1. The molecule has 0 aliphatic carbocycles. The number of hydrogen-bond donors (Lipinski definition) is 1. The van der Waals surface area contributed by atoms with Gasteiger partial charge in [0.15, 0.2) is 0 Å². The Bertz CT molecular complexity index is 629. The molecule has 0 aliphatic heterocycles. The Labute approximate surface area is 107 Å². The van der Waals surface area contributed by atoms with Crippen LogP contribution in [-0.2, 0) is 0 Å². The fourth-order valence-electron chi connectivity index (χ4n) is 1.53. The van der Waals surface area contributed by atoms with Gasteiger partial charge in [-0.15, -0.1) is 0 Å². The molecule has 96 valence electrons. The molecule has 0 heterocycles. The second-order valence-corrected chi connectivity index (χ2v) is 3.74. The monoisotopic (exact) mass is 260 g/mol. The summed E-state index contributed by atoms with van der Waals surface area (Å²) in [5.41, 5.74) is -0.0454. The van der Waals surface area contributed by atoms with Crippen LogP contribution in [0.15, 0.2) is 48.5 Å². The van der Waals surface area contributed by atoms with Gasteiger partial charge < -0.3 is 5.32 Å². The van der Waals surface area contributed by atoms with Crippen LogP contribution in [0.1, 0.15) is 10.4 Å². The standard InChI is InChI=1S/C13H9FN2O3/c14-11-8-10(6-7-12(11)16(18)19)15-13(17)9-4-2-1-3-5-9/h1-8H,(H,15,17). The van der Waals surface area contributed by atoms with Crippen molar-refractivity contribution in [2.24, 2.45) is 0 Å². The number of anilines is 1. The quantitative estimate of drug-likeness (QED) is 0.681. The van der Waals surface area contributed by atoms with Crippen molar-refractivity contribution in [2.45, 2.75) is 0 Å². The minimum atomic E-state index is -0.990. The summed E-state index contributed by atoms with van der Waals surface area (Å²) >= 11 is 0. The second kappa shape index (κ2) is 5.26. The number of hydrogen-bond acceptors (Lipinski definition) is 3. The summed E-state index contributed by atoms with van der Waals surface area (Å²) in [4.78, 5) is 21.4. The smallest absolute Gasteiger partial charge is 0.304 e. The number of halogens is 1. The molecule has 2 aromatic rings. The first-order valence-corrected chi connectivity index (χ1v) is 5.38. The first kappa shape index (κ1) is 12.7. The summed E-state index contributed by atoms with van der Waals surface area (Å²) in [6, 6.07) is 11.6. The Hall–Kier alpha value is -2.76. The molecule has 5 nitrogen and oxygen atoms in total. The van der Waals surface area contributed by atoms with Gasteiger partial charge in [-0.3, -0.25) is 14.9 Å². The number of amides is 1. The Morgan fingerprint density at radius 1 is 1.16 bits per heavy atom. The van der Waals surface area contributed by atoms with Crippen LogP contribution in [0, 0.1) is 15.9 Å². The lowest BCUT2D eigenvalue weighted by Crippen LogP contribution is -2.11. The van der Waals surface area contributed by atoms with Gasteiger partial charge in [-0.25, -0.2) is 0 Å². The number of nitro benzene ring substituents is 1. The average Bonchev–Trinajstić information content (AvgIpc) is 2.39. The first-order valence-electron chi connectivity index (χ1n) is 5.38. The van der Waals surface area contributed by atoms with Gasteiger partial charge in [0, 0.05) is 23.4 Å². The van der Waals surface area contributed by atoms with Gasteiger partial charge in [-0.05, 0) is 18.2 Å². The maximum Gasteiger partial charge on any atom is 0.304 e. The Morgan fingerprint density at radius 3 is 2.42 bits per heavy atom. The molecule has 0 aliphatic rings. The zero-order chi connectivity index (χ0) is 13.8. The fraction of sp³-hybridized carbons (Fsp3) is 0. The molecular weight excluding hydrogens is 251 g/mol. The molecule has 0 aromatic heterocycles. The molecule has 2 rings (SSSR count). The van der Waals surface area contributed by atoms with Crippen LogP contribution in [-0.4, -0.2) is 10.8 Å². The van der Waals surface area contributed by atoms with E-state index in [9.17, 15) is 19.3 Å². The van der Waals surface area contributed by atoms with E-state index in [0.717, 1.165) is 12.1 Å². The van der Waals surface area contributed by atoms with Crippen LogP contribution in [0.5, 0.6) is 0 Å². The molecule has 0 fully saturated rings. The van der Waals surface area contributed by atoms with Crippen molar-refractivity contribution in [1.29, 1.82) is 0 Å². The van der Waals surface area contributed by atoms with Gasteiger partial charge in [0.1, 0.15) is 0 Å². The van der Waals surface area contributed by atoms with Crippen molar-refractivity contribution in [1.82, 2.24) is 0 Å². The normalized spacial score (nSPS) is 9.95. The minimum absolute atomic E-state index is 0.164. The minimum Gasteiger partial charge on any atom is -0.322 e. The zero-order valence-corrected chi connectivity index (χ0v) is 9.67. The van der Waals surface area contributed by atoms with Crippen molar-refractivity contribution < 1.29 is 14.1 Å². The van der Waals surface area contributed by atoms with Gasteiger partial charge in [0.2, 0.25) is 5.82 Å². The van der Waals surface area contributed by atoms with Crippen LogP contribution < -0.4 is 5.32 Å². The molecule has 0 bridgehead atoms. The predicted molar refractivity (Wildman–Crippen MR) is 67.4 cm³/mol. The lowest BCUT2D eigenvalue weighted by molar-refractivity contribution is -0.387. The van der Waals surface area contributed by atoms with Crippen molar-refractivity contribution in [3.8, 4) is 0 Å². The second-order valence-electron chi connectivity index (χ2n) is 3.74. The number of rotatable bonds is 3. The van der Waals surface area contributed by atoms with Crippen LogP contribution >= 0.6 is 0 Å². The highest BCUT2D eigenvalue weighted by Crippen LogP contribution is 2.21. The van der Waals surface area contributed by atoms with E-state index in [4.69, 9.17) is 0 Å². The maximum absolute atomic E-state index is 13.4. The van der Waals surface area contributed by atoms with Crippen LogP contribution in [0.2, 0.25) is 0 Å². The Kier molecular flexibility index (Phi) is 3.51. The van der Waals surface area contributed by atoms with Gasteiger partial charge in [-0.1, -0.05) is 18.2 Å². The van der Waals surface area contributed by atoms with E-state index in [-0.39, 0.29) is 5.69 Å². The fourth-order valence-corrected chi connectivity index (χ4v) is 1.53. The molecule has 1 N–H and O–H groups in total. The highest BCUT2D eigenvalue weighted by Gasteiger charge is 2.14. The molecule has 6 heteroatoms. The number of carbonyl (C=O) groups is 1. The van der Waals surface area contributed by atoms with Crippen LogP contribution in [0.3, 0.4) is 0 Å². The number of nitrogens with one attached hydrogen (secondary N) is 1. The lowest BCUT2D eigenvalue weighted by atomic mass is 10.2. The van der Waals surface area contributed by atoms with E-state index in [1.165, 1.54) is 6.07 Å². The molecule has 0 unspecified atom stereocenters. The molecule has 0 spiro atoms. The summed E-state index contributed by atoms with van der Waals surface area (Å²) < 4.78 is 13.4. The summed E-state index contributed by atoms with van der Waals surface area (Å²) in [6.07, 6.45) is 0. The molecule has 0 atom stereocenters. The maximum atomic E-state index is 13.4. The van der Waals surface area contributed by atoms with E-state index in [0.29, 0.717) is 5.56 Å². The third kappa shape index (κ3) is 2.92. The van der Waals surface area contributed by atoms with Gasteiger partial charge in [0.25, 0.3) is 5.91 Å². The molecule has 19 heavy (non-hydrogen) atoms. The van der Waals surface area contributed by atoms with E-state index in [2.05, 4.69) is 5.32 Å². The number of nitro groups is 1. The molecule has 0 radical (unpaired) electrons. The van der Waals surface area contributed by atoms with Crippen molar-refractivity contribution in [2.75, 3.05) is 5.32 Å². The third-order valence-corrected chi connectivity index (χ3v) is 2.44. The van der Waals surface area contributed by atoms with Crippen molar-refractivity contribution in [3.05, 3.63) is 70.0 Å². The number of carbonyl (C=O) groups excluding carboxylic acids is 1. The van der Waals surface area contributed by atoms with Gasteiger partial charge in [-0.2, -0.15) is 4.39 Å². The topological polar surface area (TPSA) is 72.2 Å². The summed E-state index contributed by atoms with van der Waals surface area (Å²) in [5, 5.41) is 12.9. The van der Waals surface area contributed by atoms with Crippen LogP contribution in [0.25, 0.3) is 0 Å². The van der Waals surface area contributed by atoms with E-state index < -0.39 is 22.3 Å². The Balaban J connectivity index is 2.19. The third-order valence-electron chi connectivity index (χ3n) is 2.44. The number of benzene rings is 2. The van der Waals surface area contributed by atoms with Crippen LogP contribution in [0.4, 0.5) is 15.8 Å². The Morgan fingerprint density at radius 2 is 1.84 bits per heavy atom. The molecular formula is C13H9FN2O3. The van der Waals surface area contributed by atoms with E-state index in [1.54, 1.807) is 30.3 Å². The lowest BCUT2D eigenvalue weighted by Gasteiger charge is -2.05. The van der Waals surface area contributed by atoms with E-state index >= 15 is 0 Å². The molecule has 0 saturated carbocycles. The summed E-state index contributed by atoms with van der Waals surface area (Å²) in [7, 11) is 0. The molecule has 1 amide bonds. The largest absolute Gasteiger partial charge is 0.322 e. The molecule has 2 aromatic carbocycles. The first-order chi connectivity index (χ1) is 9.08. The van der Waals surface area contributed by atoms with E-state index in [1.807, 2.05) is 0 Å². The predicted octanol–water partition coefficient (Wildman–Crippen LogP) is 2.99. The highest BCUT2D eigenvalue weighted by atomic mass is 19.1.